The molecule has 4 aromatic rings. The molecule has 0 radical (unpaired) electrons. The summed E-state index contributed by atoms with van der Waals surface area (Å²) in [5.74, 6) is 0.515. The first kappa shape index (κ1) is 33.0. The molecule has 1 fully saturated rings. The summed E-state index contributed by atoms with van der Waals surface area (Å²) in [6, 6.07) is 24.3. The summed E-state index contributed by atoms with van der Waals surface area (Å²) in [6.45, 7) is 8.22. The van der Waals surface area contributed by atoms with E-state index in [1.165, 1.54) is 0 Å². The number of hydrogen-bond acceptors (Lipinski definition) is 4. The third-order valence-corrected chi connectivity index (χ3v) is 7.94. The third kappa shape index (κ3) is 8.39. The number of aliphatic imine (C=N–C) groups is 2. The van der Waals surface area contributed by atoms with Crippen molar-refractivity contribution in [1.29, 1.82) is 0 Å². The molecule has 2 N–H and O–H groups in total. The molecule has 0 unspecified atom stereocenters. The zero-order valence-electron chi connectivity index (χ0n) is 25.1. The van der Waals surface area contributed by atoms with E-state index in [1.807, 2.05) is 86.9 Å². The van der Waals surface area contributed by atoms with Gasteiger partial charge in [-0.15, -0.1) is 0 Å². The maximum atomic E-state index is 11.2. The van der Waals surface area contributed by atoms with Gasteiger partial charge in [0.15, 0.2) is 0 Å². The van der Waals surface area contributed by atoms with Crippen molar-refractivity contribution in [2.45, 2.75) is 65.5 Å². The van der Waals surface area contributed by atoms with Crippen LogP contribution >= 0.6 is 18.6 Å². The number of halogens is 2. The van der Waals surface area contributed by atoms with Crippen molar-refractivity contribution >= 4 is 31.0 Å². The Bertz CT molecular complexity index is 1500. The predicted octanol–water partition coefficient (Wildman–Crippen LogP) is 9.89. The molecule has 43 heavy (non-hydrogen) atoms. The monoisotopic (exact) mass is 648 g/mol. The maximum absolute atomic E-state index is 11.2. The second kappa shape index (κ2) is 15.7. The Labute approximate surface area is 272 Å². The van der Waals surface area contributed by atoms with Gasteiger partial charge >= 0.3 is 35.6 Å². The van der Waals surface area contributed by atoms with Gasteiger partial charge in [-0.05, 0) is 98.2 Å². The molecule has 0 aromatic heterocycles. The van der Waals surface area contributed by atoms with Crippen molar-refractivity contribution in [3.63, 3.8) is 0 Å². The van der Waals surface area contributed by atoms with Gasteiger partial charge in [-0.3, -0.25) is 9.98 Å². The van der Waals surface area contributed by atoms with E-state index in [2.05, 4.69) is 26.0 Å². The molecule has 1 aliphatic rings. The summed E-state index contributed by atoms with van der Waals surface area (Å²) in [6.07, 6.45) is 7.75. The fourth-order valence-electron chi connectivity index (χ4n) is 5.76. The van der Waals surface area contributed by atoms with Gasteiger partial charge in [-0.1, -0.05) is 61.4 Å². The molecule has 4 nitrogen and oxygen atoms in total. The van der Waals surface area contributed by atoms with Crippen LogP contribution in [0.25, 0.3) is 22.3 Å². The number of aryl methyl sites for hydroxylation is 4. The van der Waals surface area contributed by atoms with Gasteiger partial charge < -0.3 is 10.2 Å². The number of aromatic hydroxyl groups is 2. The summed E-state index contributed by atoms with van der Waals surface area (Å²) in [5, 5.41) is 22.4. The summed E-state index contributed by atoms with van der Waals surface area (Å²) >= 11 is -0.556. The average molecular weight is 649 g/mol. The molecule has 0 spiro atoms. The van der Waals surface area contributed by atoms with Gasteiger partial charge in [0.2, 0.25) is 0 Å². The molecule has 5 rings (SSSR count). The SMILES string of the molecule is Cc1cc(C=N[C@@H]2CCCC[C@H]2N=Cc2cc(C)cc(-c3ccccc3C)c2O)c(O)c(-c2ccccc2C)c1.[Cl][Ti][Cl]. The number of phenols is 2. The van der Waals surface area contributed by atoms with Crippen LogP contribution in [0.15, 0.2) is 82.8 Å². The van der Waals surface area contributed by atoms with Crippen LogP contribution in [-0.4, -0.2) is 34.7 Å². The van der Waals surface area contributed by atoms with E-state index in [0.29, 0.717) is 0 Å². The van der Waals surface area contributed by atoms with E-state index < -0.39 is 17.0 Å². The predicted molar refractivity (Wildman–Crippen MR) is 179 cm³/mol. The summed E-state index contributed by atoms with van der Waals surface area (Å²) < 4.78 is 0. The zero-order valence-corrected chi connectivity index (χ0v) is 28.2. The van der Waals surface area contributed by atoms with Crippen molar-refractivity contribution < 1.29 is 27.2 Å². The Kier molecular flexibility index (Phi) is 12.1. The van der Waals surface area contributed by atoms with Crippen LogP contribution in [0.5, 0.6) is 11.5 Å². The Morgan fingerprint density at radius 2 is 1.00 bits per heavy atom. The van der Waals surface area contributed by atoms with E-state index in [0.717, 1.165) is 81.3 Å². The van der Waals surface area contributed by atoms with Gasteiger partial charge in [0.25, 0.3) is 0 Å². The standard InChI is InChI=1S/C36H38N2O2.2ClH.Ti/c1-23-17-27(35(39)31(19-23)29-13-7-5-11-25(29)3)21-37-33-15-9-10-16-34(33)38-22-28-18-24(2)20-32(36(28)40)30-14-8-6-12-26(30)4;;;/h5-8,11-14,17-22,33-34,39-40H,9-10,15-16H2,1-4H3;2*1H;/q;;;+2/p-2/t33-,34-;;;/m1.../s1. The number of hydrogen-bond donors (Lipinski definition) is 2. The van der Waals surface area contributed by atoms with Gasteiger partial charge in [0.1, 0.15) is 11.5 Å². The molecule has 2 atom stereocenters. The minimum atomic E-state index is -0.556. The topological polar surface area (TPSA) is 65.2 Å². The van der Waals surface area contributed by atoms with E-state index in [9.17, 15) is 10.2 Å². The van der Waals surface area contributed by atoms with Crippen molar-refractivity contribution in [1.82, 2.24) is 0 Å². The molecule has 4 aromatic carbocycles. The van der Waals surface area contributed by atoms with Crippen LogP contribution in [0, 0.1) is 27.7 Å². The van der Waals surface area contributed by atoms with Crippen LogP contribution in [-0.2, 0) is 17.0 Å². The van der Waals surface area contributed by atoms with Crippen LogP contribution in [0.3, 0.4) is 0 Å². The number of benzene rings is 4. The van der Waals surface area contributed by atoms with Crippen molar-refractivity contribution in [2.24, 2.45) is 9.98 Å². The molecular weight excluding hydrogens is 611 g/mol. The molecule has 0 heterocycles. The second-order valence-electron chi connectivity index (χ2n) is 11.2. The molecule has 7 heteroatoms. The summed E-state index contributed by atoms with van der Waals surface area (Å²) in [5.41, 5.74) is 9.58. The normalized spacial score (nSPS) is 16.7. The molecule has 222 valence electrons. The quantitative estimate of drug-likeness (QED) is 0.161. The fourth-order valence-corrected chi connectivity index (χ4v) is 5.76. The van der Waals surface area contributed by atoms with E-state index in [-0.39, 0.29) is 23.6 Å². The van der Waals surface area contributed by atoms with E-state index in [1.54, 1.807) is 0 Å². The third-order valence-electron chi connectivity index (χ3n) is 7.94. The number of phenolic OH excluding ortho intramolecular Hbond substituents is 2. The molecule has 0 amide bonds. The van der Waals surface area contributed by atoms with E-state index in [4.69, 9.17) is 28.6 Å². The van der Waals surface area contributed by atoms with E-state index >= 15 is 0 Å². The molecule has 1 aliphatic carbocycles. The van der Waals surface area contributed by atoms with Crippen molar-refractivity contribution in [3.8, 4) is 33.8 Å². The fraction of sp³-hybridized carbons (Fsp3) is 0.278. The molecule has 0 bridgehead atoms. The van der Waals surface area contributed by atoms with Crippen LogP contribution in [0.1, 0.15) is 59.1 Å². The van der Waals surface area contributed by atoms with Crippen molar-refractivity contribution in [2.75, 3.05) is 0 Å². The molecule has 0 saturated heterocycles. The molecule has 0 aliphatic heterocycles. The van der Waals surface area contributed by atoms with Crippen molar-refractivity contribution in [3.05, 3.63) is 106 Å². The Balaban J connectivity index is 0.00000135. The number of nitrogens with zero attached hydrogens (tertiary/aromatic N) is 2. The summed E-state index contributed by atoms with van der Waals surface area (Å²) in [7, 11) is 9.78. The van der Waals surface area contributed by atoms with Gasteiger partial charge in [-0.2, -0.15) is 0 Å². The van der Waals surface area contributed by atoms with Crippen LogP contribution in [0.2, 0.25) is 0 Å². The van der Waals surface area contributed by atoms with Crippen LogP contribution in [0.4, 0.5) is 0 Å². The number of rotatable bonds is 6. The first-order valence-electron chi connectivity index (χ1n) is 14.5. The average Bonchev–Trinajstić information content (AvgIpc) is 2.99. The zero-order chi connectivity index (χ0) is 30.9. The van der Waals surface area contributed by atoms with Gasteiger partial charge in [0.05, 0.1) is 12.1 Å². The molecule has 1 saturated carbocycles. The van der Waals surface area contributed by atoms with Gasteiger partial charge in [-0.25, -0.2) is 0 Å². The van der Waals surface area contributed by atoms with Crippen LogP contribution < -0.4 is 0 Å². The van der Waals surface area contributed by atoms with Gasteiger partial charge in [0, 0.05) is 34.7 Å². The first-order chi connectivity index (χ1) is 20.7. The summed E-state index contributed by atoms with van der Waals surface area (Å²) in [4.78, 5) is 9.92. The molecular formula is C36H38Cl2N2O2Ti. The Hall–Kier alpha value is -2.89. The Morgan fingerprint density at radius 3 is 1.37 bits per heavy atom. The minimum absolute atomic E-state index is 0.0228. The Morgan fingerprint density at radius 1 is 0.628 bits per heavy atom. The second-order valence-corrected chi connectivity index (χ2v) is 13.8. The first-order valence-corrected chi connectivity index (χ1v) is 18.8.